The molecule has 4 heteroatoms. The highest BCUT2D eigenvalue weighted by atomic mass is 16.3. The van der Waals surface area contributed by atoms with E-state index in [-0.39, 0.29) is 11.3 Å². The summed E-state index contributed by atoms with van der Waals surface area (Å²) < 4.78 is 0. The topological polar surface area (TPSA) is 75.4 Å². The molecule has 0 bridgehead atoms. The molecule has 0 fully saturated rings. The van der Waals surface area contributed by atoms with Gasteiger partial charge in [0.1, 0.15) is 17.7 Å². The van der Waals surface area contributed by atoms with Gasteiger partial charge in [-0.05, 0) is 24.3 Å². The number of para-hydroxylation sites is 1. The van der Waals surface area contributed by atoms with Crippen LogP contribution < -0.4 is 11.1 Å². The molecular weight excluding hydrogens is 216 g/mol. The summed E-state index contributed by atoms with van der Waals surface area (Å²) in [6.45, 7) is 0. The molecule has 0 heterocycles. The molecule has 0 amide bonds. The standard InChI is InChI=1S/C13H12N2O2/c14-12-9(8-16)6-7-11(13(12)17)15-10-4-2-1-3-5-10/h1-7,12,15,17H,14H2. The summed E-state index contributed by atoms with van der Waals surface area (Å²) in [4.78, 5) is 10.5. The molecule has 0 saturated heterocycles. The van der Waals surface area contributed by atoms with Crippen molar-refractivity contribution in [3.05, 3.63) is 59.5 Å². The van der Waals surface area contributed by atoms with Crippen LogP contribution in [0.5, 0.6) is 0 Å². The number of nitrogens with one attached hydrogen (secondary N) is 1. The largest absolute Gasteiger partial charge is 0.508 e. The van der Waals surface area contributed by atoms with E-state index in [0.717, 1.165) is 5.69 Å². The van der Waals surface area contributed by atoms with Gasteiger partial charge < -0.3 is 16.2 Å². The molecule has 86 valence electrons. The highest BCUT2D eigenvalue weighted by Gasteiger charge is 2.20. The van der Waals surface area contributed by atoms with Crippen molar-refractivity contribution in [1.82, 2.24) is 0 Å². The summed E-state index contributed by atoms with van der Waals surface area (Å²) in [5, 5.41) is 12.9. The molecule has 1 unspecified atom stereocenters. The number of hydrogen-bond acceptors (Lipinski definition) is 4. The van der Waals surface area contributed by atoms with Gasteiger partial charge in [0.05, 0.1) is 11.3 Å². The van der Waals surface area contributed by atoms with Crippen molar-refractivity contribution in [2.45, 2.75) is 6.04 Å². The normalized spacial score (nSPS) is 19.1. The Morgan fingerprint density at radius 1 is 1.24 bits per heavy atom. The molecule has 0 radical (unpaired) electrons. The number of aliphatic hydroxyl groups excluding tert-OH is 1. The van der Waals surface area contributed by atoms with Crippen molar-refractivity contribution in [1.29, 1.82) is 0 Å². The SMILES string of the molecule is NC1C(=C=O)C=CC(Nc2ccccc2)=C1O. The maximum atomic E-state index is 10.5. The van der Waals surface area contributed by atoms with Gasteiger partial charge >= 0.3 is 0 Å². The van der Waals surface area contributed by atoms with Crippen molar-refractivity contribution in [3.8, 4) is 0 Å². The van der Waals surface area contributed by atoms with E-state index in [1.807, 2.05) is 30.3 Å². The summed E-state index contributed by atoms with van der Waals surface area (Å²) in [6.07, 6.45) is 3.15. The van der Waals surface area contributed by atoms with Gasteiger partial charge in [-0.15, -0.1) is 0 Å². The third kappa shape index (κ3) is 2.28. The Morgan fingerprint density at radius 2 is 1.94 bits per heavy atom. The fourth-order valence-electron chi connectivity index (χ4n) is 1.56. The monoisotopic (exact) mass is 228 g/mol. The van der Waals surface area contributed by atoms with Gasteiger partial charge in [-0.25, -0.2) is 4.79 Å². The molecule has 0 aliphatic heterocycles. The van der Waals surface area contributed by atoms with Crippen LogP contribution in [0.1, 0.15) is 0 Å². The van der Waals surface area contributed by atoms with E-state index in [1.165, 1.54) is 0 Å². The van der Waals surface area contributed by atoms with Gasteiger partial charge in [0.15, 0.2) is 0 Å². The zero-order chi connectivity index (χ0) is 12.3. The average Bonchev–Trinajstić information content (AvgIpc) is 2.37. The zero-order valence-electron chi connectivity index (χ0n) is 9.05. The summed E-state index contributed by atoms with van der Waals surface area (Å²) in [6, 6.07) is 8.57. The number of allylic oxidation sites excluding steroid dienone is 1. The minimum atomic E-state index is -0.816. The third-order valence-corrected chi connectivity index (χ3v) is 2.51. The molecule has 1 aromatic rings. The van der Waals surface area contributed by atoms with Crippen molar-refractivity contribution in [3.63, 3.8) is 0 Å². The van der Waals surface area contributed by atoms with Crippen molar-refractivity contribution >= 4 is 11.6 Å². The highest BCUT2D eigenvalue weighted by Crippen LogP contribution is 2.20. The number of carbonyl (C=O) groups excluding carboxylic acids is 1. The predicted molar refractivity (Wildman–Crippen MR) is 66.0 cm³/mol. The molecule has 1 aliphatic carbocycles. The minimum absolute atomic E-state index is 0.0605. The van der Waals surface area contributed by atoms with Gasteiger partial charge in [0.25, 0.3) is 0 Å². The molecule has 0 aromatic heterocycles. The lowest BCUT2D eigenvalue weighted by atomic mass is 10.0. The van der Waals surface area contributed by atoms with Crippen LogP contribution in [0.4, 0.5) is 5.69 Å². The Hall–Kier alpha value is -2.29. The highest BCUT2D eigenvalue weighted by molar-refractivity contribution is 5.65. The van der Waals surface area contributed by atoms with Crippen LogP contribution in [0.2, 0.25) is 0 Å². The first kappa shape index (κ1) is 11.2. The van der Waals surface area contributed by atoms with E-state index >= 15 is 0 Å². The maximum absolute atomic E-state index is 10.5. The van der Waals surface area contributed by atoms with Crippen LogP contribution in [0, 0.1) is 0 Å². The van der Waals surface area contributed by atoms with Crippen LogP contribution in [-0.4, -0.2) is 17.1 Å². The first-order valence-corrected chi connectivity index (χ1v) is 5.16. The predicted octanol–water partition coefficient (Wildman–Crippen LogP) is 1.52. The average molecular weight is 228 g/mol. The Kier molecular flexibility index (Phi) is 3.10. The summed E-state index contributed by atoms with van der Waals surface area (Å²) in [5.74, 6) is 1.64. The minimum Gasteiger partial charge on any atom is -0.508 e. The summed E-state index contributed by atoms with van der Waals surface area (Å²) in [5.41, 5.74) is 7.24. The maximum Gasteiger partial charge on any atom is 0.138 e. The van der Waals surface area contributed by atoms with E-state index in [9.17, 15) is 9.90 Å². The molecular formula is C13H12N2O2. The van der Waals surface area contributed by atoms with E-state index in [1.54, 1.807) is 18.1 Å². The van der Waals surface area contributed by atoms with Gasteiger partial charge in [-0.1, -0.05) is 18.2 Å². The van der Waals surface area contributed by atoms with E-state index in [0.29, 0.717) is 5.70 Å². The number of rotatable bonds is 2. The van der Waals surface area contributed by atoms with Crippen LogP contribution in [-0.2, 0) is 4.79 Å². The van der Waals surface area contributed by atoms with Crippen LogP contribution in [0.25, 0.3) is 0 Å². The number of benzene rings is 1. The quantitative estimate of drug-likeness (QED) is 0.671. The molecule has 4 nitrogen and oxygen atoms in total. The second-order valence-electron chi connectivity index (χ2n) is 3.66. The first-order chi connectivity index (χ1) is 8.22. The Labute approximate surface area is 98.8 Å². The number of aliphatic hydroxyl groups is 1. The zero-order valence-corrected chi connectivity index (χ0v) is 9.05. The fourth-order valence-corrected chi connectivity index (χ4v) is 1.56. The van der Waals surface area contributed by atoms with Crippen LogP contribution in [0.3, 0.4) is 0 Å². The summed E-state index contributed by atoms with van der Waals surface area (Å²) >= 11 is 0. The smallest absolute Gasteiger partial charge is 0.138 e. The van der Waals surface area contributed by atoms with Gasteiger partial charge in [-0.3, -0.25) is 0 Å². The second-order valence-corrected chi connectivity index (χ2v) is 3.66. The van der Waals surface area contributed by atoms with Gasteiger partial charge in [-0.2, -0.15) is 0 Å². The van der Waals surface area contributed by atoms with Gasteiger partial charge in [0, 0.05) is 5.69 Å². The van der Waals surface area contributed by atoms with E-state index in [2.05, 4.69) is 5.32 Å². The van der Waals surface area contributed by atoms with Crippen molar-refractivity contribution in [2.75, 3.05) is 5.32 Å². The third-order valence-electron chi connectivity index (χ3n) is 2.51. The molecule has 4 N–H and O–H groups in total. The molecule has 1 atom stereocenters. The lowest BCUT2D eigenvalue weighted by Crippen LogP contribution is -2.29. The molecule has 0 spiro atoms. The number of hydrogen-bond donors (Lipinski definition) is 3. The Morgan fingerprint density at radius 3 is 2.59 bits per heavy atom. The molecule has 1 aromatic carbocycles. The Bertz CT molecular complexity index is 526. The molecule has 17 heavy (non-hydrogen) atoms. The first-order valence-electron chi connectivity index (χ1n) is 5.16. The Balaban J connectivity index is 2.26. The van der Waals surface area contributed by atoms with Crippen LogP contribution in [0.15, 0.2) is 59.5 Å². The van der Waals surface area contributed by atoms with Crippen molar-refractivity contribution in [2.24, 2.45) is 5.73 Å². The number of anilines is 1. The number of nitrogens with two attached hydrogens (primary N) is 1. The van der Waals surface area contributed by atoms with E-state index in [4.69, 9.17) is 5.73 Å². The molecule has 0 saturated carbocycles. The molecule has 2 rings (SSSR count). The van der Waals surface area contributed by atoms with Gasteiger partial charge in [0.2, 0.25) is 0 Å². The fraction of sp³-hybridized carbons (Fsp3) is 0.0769. The second kappa shape index (κ2) is 4.70. The lowest BCUT2D eigenvalue weighted by Gasteiger charge is -2.18. The molecule has 1 aliphatic rings. The lowest BCUT2D eigenvalue weighted by molar-refractivity contribution is 0.375. The van der Waals surface area contributed by atoms with Crippen LogP contribution >= 0.6 is 0 Å². The summed E-state index contributed by atoms with van der Waals surface area (Å²) in [7, 11) is 0. The van der Waals surface area contributed by atoms with Crippen molar-refractivity contribution < 1.29 is 9.90 Å². The van der Waals surface area contributed by atoms with E-state index < -0.39 is 6.04 Å².